The largest absolute Gasteiger partial charge is 0.480 e. The van der Waals surface area contributed by atoms with E-state index in [1.165, 1.54) is 6.26 Å². The van der Waals surface area contributed by atoms with Gasteiger partial charge in [0.05, 0.1) is 18.7 Å². The van der Waals surface area contributed by atoms with Gasteiger partial charge in [0.25, 0.3) is 0 Å². The molecule has 0 aliphatic rings. The molecule has 2 unspecified atom stereocenters. The van der Waals surface area contributed by atoms with Crippen LogP contribution in [0, 0.1) is 0 Å². The zero-order chi connectivity index (χ0) is 14.4. The summed E-state index contributed by atoms with van der Waals surface area (Å²) >= 11 is 0. The third kappa shape index (κ3) is 4.70. The van der Waals surface area contributed by atoms with E-state index in [0.717, 1.165) is 0 Å². The molecule has 0 saturated carbocycles. The van der Waals surface area contributed by atoms with Crippen molar-refractivity contribution in [3.63, 3.8) is 0 Å². The molecule has 2 atom stereocenters. The lowest BCUT2D eigenvalue weighted by Gasteiger charge is -2.16. The molecule has 0 saturated heterocycles. The monoisotopic (exact) mass is 269 g/mol. The first kappa shape index (κ1) is 14.6. The highest BCUT2D eigenvalue weighted by molar-refractivity contribution is 5.87. The molecule has 104 valence electrons. The molecule has 1 aromatic rings. The first-order chi connectivity index (χ1) is 8.90. The van der Waals surface area contributed by atoms with Gasteiger partial charge in [-0.05, 0) is 19.1 Å². The average Bonchev–Trinajstić information content (AvgIpc) is 2.80. The van der Waals surface area contributed by atoms with E-state index >= 15 is 0 Å². The Kier molecular flexibility index (Phi) is 4.92. The highest BCUT2D eigenvalue weighted by atomic mass is 16.4. The lowest BCUT2D eigenvalue weighted by Crippen LogP contribution is -2.48. The number of nitrogens with two attached hydrogens (primary N) is 1. The molecule has 1 rings (SSSR count). The van der Waals surface area contributed by atoms with E-state index in [1.54, 1.807) is 19.1 Å². The van der Waals surface area contributed by atoms with Crippen LogP contribution in [-0.4, -0.2) is 29.1 Å². The molecule has 0 fully saturated rings. The van der Waals surface area contributed by atoms with E-state index in [9.17, 15) is 14.4 Å². The summed E-state index contributed by atoms with van der Waals surface area (Å²) in [6.45, 7) is 1.67. The molecule has 1 heterocycles. The standard InChI is InChI=1S/C11H15N3O5/c1-6(8-3-2-4-19-8)13-11(18)14-7(10(16)17)5-9(12)15/h2-4,6-7H,5H2,1H3,(H2,12,15)(H,16,17)(H2,13,14,18). The van der Waals surface area contributed by atoms with Crippen LogP contribution in [0.15, 0.2) is 22.8 Å². The van der Waals surface area contributed by atoms with Gasteiger partial charge in [-0.1, -0.05) is 0 Å². The second-order valence-corrected chi connectivity index (χ2v) is 3.92. The van der Waals surface area contributed by atoms with Gasteiger partial charge >= 0.3 is 12.0 Å². The molecule has 1 aromatic heterocycles. The minimum Gasteiger partial charge on any atom is -0.480 e. The van der Waals surface area contributed by atoms with E-state index in [-0.39, 0.29) is 0 Å². The van der Waals surface area contributed by atoms with Crippen molar-refractivity contribution in [1.82, 2.24) is 10.6 Å². The van der Waals surface area contributed by atoms with Crippen LogP contribution in [0.1, 0.15) is 25.1 Å². The first-order valence-corrected chi connectivity index (χ1v) is 5.51. The molecule has 0 spiro atoms. The molecule has 5 N–H and O–H groups in total. The van der Waals surface area contributed by atoms with Crippen LogP contribution < -0.4 is 16.4 Å². The van der Waals surface area contributed by atoms with Crippen LogP contribution in [0.3, 0.4) is 0 Å². The van der Waals surface area contributed by atoms with Crippen molar-refractivity contribution >= 4 is 17.9 Å². The number of hydrogen-bond donors (Lipinski definition) is 4. The minimum absolute atomic E-state index is 0.432. The van der Waals surface area contributed by atoms with E-state index in [4.69, 9.17) is 15.3 Å². The number of carboxylic acid groups (broad SMARTS) is 1. The van der Waals surface area contributed by atoms with Crippen molar-refractivity contribution in [2.75, 3.05) is 0 Å². The number of amides is 3. The van der Waals surface area contributed by atoms with Gasteiger partial charge in [-0.15, -0.1) is 0 Å². The maximum atomic E-state index is 11.6. The quantitative estimate of drug-likeness (QED) is 0.575. The summed E-state index contributed by atoms with van der Waals surface area (Å²) < 4.78 is 5.08. The van der Waals surface area contributed by atoms with Gasteiger partial charge < -0.3 is 25.9 Å². The Hall–Kier alpha value is -2.51. The minimum atomic E-state index is -1.36. The molecule has 0 radical (unpaired) electrons. The summed E-state index contributed by atoms with van der Waals surface area (Å²) in [5.74, 6) is -1.62. The molecule has 0 aliphatic carbocycles. The molecule has 8 heteroatoms. The van der Waals surface area contributed by atoms with Crippen molar-refractivity contribution in [3.8, 4) is 0 Å². The molecule has 0 aromatic carbocycles. The van der Waals surface area contributed by atoms with Crippen molar-refractivity contribution in [2.45, 2.75) is 25.4 Å². The zero-order valence-corrected chi connectivity index (χ0v) is 10.3. The Morgan fingerprint density at radius 3 is 2.58 bits per heavy atom. The number of carbonyl (C=O) groups excluding carboxylic acids is 2. The van der Waals surface area contributed by atoms with Crippen LogP contribution >= 0.6 is 0 Å². The number of carboxylic acids is 1. The van der Waals surface area contributed by atoms with Crippen LogP contribution in [0.4, 0.5) is 4.79 Å². The first-order valence-electron chi connectivity index (χ1n) is 5.51. The van der Waals surface area contributed by atoms with Gasteiger partial charge in [0.15, 0.2) is 0 Å². The fourth-order valence-electron chi connectivity index (χ4n) is 1.41. The Morgan fingerprint density at radius 1 is 1.42 bits per heavy atom. The van der Waals surface area contributed by atoms with Gasteiger partial charge in [-0.3, -0.25) is 4.79 Å². The number of hydrogen-bond acceptors (Lipinski definition) is 4. The van der Waals surface area contributed by atoms with Crippen molar-refractivity contribution < 1.29 is 23.9 Å². The number of aliphatic carboxylic acids is 1. The van der Waals surface area contributed by atoms with Crippen molar-refractivity contribution in [2.24, 2.45) is 5.73 Å². The van der Waals surface area contributed by atoms with E-state index in [0.29, 0.717) is 5.76 Å². The molecule has 8 nitrogen and oxygen atoms in total. The van der Waals surface area contributed by atoms with Gasteiger partial charge in [-0.2, -0.15) is 0 Å². The molecule has 0 bridgehead atoms. The second kappa shape index (κ2) is 6.43. The summed E-state index contributed by atoms with van der Waals surface area (Å²) in [6.07, 6.45) is 0.983. The fourth-order valence-corrected chi connectivity index (χ4v) is 1.41. The topological polar surface area (TPSA) is 135 Å². The van der Waals surface area contributed by atoms with E-state index in [2.05, 4.69) is 10.6 Å². The summed E-state index contributed by atoms with van der Waals surface area (Å²) in [5, 5.41) is 13.5. The number of furan rings is 1. The Balaban J connectivity index is 2.53. The molecular weight excluding hydrogens is 254 g/mol. The van der Waals surface area contributed by atoms with Crippen LogP contribution in [-0.2, 0) is 9.59 Å². The summed E-state index contributed by atoms with van der Waals surface area (Å²) in [6, 6.07) is 0.818. The summed E-state index contributed by atoms with van der Waals surface area (Å²) in [7, 11) is 0. The molecular formula is C11H15N3O5. The van der Waals surface area contributed by atoms with Crippen LogP contribution in [0.25, 0.3) is 0 Å². The van der Waals surface area contributed by atoms with Gasteiger partial charge in [0.2, 0.25) is 5.91 Å². The highest BCUT2D eigenvalue weighted by Gasteiger charge is 2.23. The van der Waals surface area contributed by atoms with Crippen LogP contribution in [0.5, 0.6) is 0 Å². The highest BCUT2D eigenvalue weighted by Crippen LogP contribution is 2.11. The second-order valence-electron chi connectivity index (χ2n) is 3.92. The van der Waals surface area contributed by atoms with E-state index < -0.39 is 36.4 Å². The lowest BCUT2D eigenvalue weighted by atomic mass is 10.2. The number of nitrogens with one attached hydrogen (secondary N) is 2. The number of rotatable bonds is 6. The lowest BCUT2D eigenvalue weighted by molar-refractivity contribution is -0.140. The predicted molar refractivity (Wildman–Crippen MR) is 64.0 cm³/mol. The number of urea groups is 1. The van der Waals surface area contributed by atoms with Gasteiger partial charge in [-0.25, -0.2) is 9.59 Å². The SMILES string of the molecule is CC(NC(=O)NC(CC(N)=O)C(=O)O)c1ccco1. The Morgan fingerprint density at radius 2 is 2.11 bits per heavy atom. The van der Waals surface area contributed by atoms with Crippen molar-refractivity contribution in [1.29, 1.82) is 0 Å². The molecule has 0 aliphatic heterocycles. The van der Waals surface area contributed by atoms with Gasteiger partial charge in [0.1, 0.15) is 11.8 Å². The summed E-state index contributed by atoms with van der Waals surface area (Å²) in [5.41, 5.74) is 4.90. The third-order valence-corrected chi connectivity index (χ3v) is 2.33. The predicted octanol–water partition coefficient (Wildman–Crippen LogP) is -0.0316. The Bertz CT molecular complexity index is 457. The molecule has 19 heavy (non-hydrogen) atoms. The smallest absolute Gasteiger partial charge is 0.326 e. The normalized spacial score (nSPS) is 13.3. The summed E-state index contributed by atoms with van der Waals surface area (Å²) in [4.78, 5) is 33.1. The fraction of sp³-hybridized carbons (Fsp3) is 0.364. The maximum absolute atomic E-state index is 11.6. The Labute approximate surface area is 108 Å². The maximum Gasteiger partial charge on any atom is 0.326 e. The van der Waals surface area contributed by atoms with Gasteiger partial charge in [0, 0.05) is 0 Å². The van der Waals surface area contributed by atoms with Crippen molar-refractivity contribution in [3.05, 3.63) is 24.2 Å². The average molecular weight is 269 g/mol. The number of primary amides is 1. The number of carbonyl (C=O) groups is 3. The van der Waals surface area contributed by atoms with Crippen LogP contribution in [0.2, 0.25) is 0 Å². The molecule has 3 amide bonds. The van der Waals surface area contributed by atoms with E-state index in [1.807, 2.05) is 0 Å². The zero-order valence-electron chi connectivity index (χ0n) is 10.3. The third-order valence-electron chi connectivity index (χ3n) is 2.33.